The number of nitrogens with zero attached hydrogens (tertiary/aromatic N) is 1. The average molecular weight is 445 g/mol. The molecular formula is C18H18Cl2N2O5S. The van der Waals surface area contributed by atoms with Crippen LogP contribution in [0.2, 0.25) is 10.0 Å². The third-order valence-corrected chi connectivity index (χ3v) is 6.27. The molecule has 0 radical (unpaired) electrons. The van der Waals surface area contributed by atoms with Gasteiger partial charge in [0.05, 0.1) is 0 Å². The van der Waals surface area contributed by atoms with Crippen molar-refractivity contribution >= 4 is 52.7 Å². The van der Waals surface area contributed by atoms with Gasteiger partial charge < -0.3 is 14.8 Å². The fraction of sp³-hybridized carbons (Fsp3) is 0.389. The Hall–Kier alpha value is -1.74. The van der Waals surface area contributed by atoms with E-state index in [0.717, 1.165) is 0 Å². The van der Waals surface area contributed by atoms with E-state index < -0.39 is 18.0 Å². The number of carbonyl (C=O) groups is 3. The summed E-state index contributed by atoms with van der Waals surface area (Å²) in [7, 11) is 1.46. The number of carbonyl (C=O) groups excluding carboxylic acids is 3. The molecule has 1 aromatic carbocycles. The monoisotopic (exact) mass is 444 g/mol. The van der Waals surface area contributed by atoms with Crippen molar-refractivity contribution in [1.82, 2.24) is 10.2 Å². The molecule has 1 N–H and O–H groups in total. The topological polar surface area (TPSA) is 84.9 Å². The second kappa shape index (κ2) is 8.73. The van der Waals surface area contributed by atoms with Gasteiger partial charge in [0.25, 0.3) is 11.8 Å². The van der Waals surface area contributed by atoms with E-state index in [0.29, 0.717) is 26.9 Å². The molecule has 0 aromatic heterocycles. The summed E-state index contributed by atoms with van der Waals surface area (Å²) >= 11 is 13.5. The Kier molecular flexibility index (Phi) is 6.54. The number of methoxy groups -OCH3 is 1. The Morgan fingerprint density at radius 2 is 2.11 bits per heavy atom. The molecule has 0 unspecified atom stereocenters. The zero-order valence-electron chi connectivity index (χ0n) is 15.2. The van der Waals surface area contributed by atoms with Crippen LogP contribution >= 0.6 is 35.0 Å². The van der Waals surface area contributed by atoms with Crippen molar-refractivity contribution < 1.29 is 23.9 Å². The van der Waals surface area contributed by atoms with Crippen LogP contribution in [0.15, 0.2) is 29.5 Å². The summed E-state index contributed by atoms with van der Waals surface area (Å²) in [4.78, 5) is 37.9. The molecule has 1 fully saturated rings. The van der Waals surface area contributed by atoms with Gasteiger partial charge in [-0.1, -0.05) is 29.3 Å². The van der Waals surface area contributed by atoms with Gasteiger partial charge in [-0.2, -0.15) is 0 Å². The minimum Gasteiger partial charge on any atom is -0.461 e. The Labute approximate surface area is 176 Å². The molecular weight excluding hydrogens is 427 g/mol. The highest BCUT2D eigenvalue weighted by atomic mass is 35.5. The lowest BCUT2D eigenvalue weighted by atomic mass is 10.0. The summed E-state index contributed by atoms with van der Waals surface area (Å²) in [5.74, 6) is -0.750. The number of β-lactam (4-membered cyclic amide) rings is 1. The summed E-state index contributed by atoms with van der Waals surface area (Å²) in [6.07, 6.45) is -0.589. The summed E-state index contributed by atoms with van der Waals surface area (Å²) < 4.78 is 10.3. The Morgan fingerprint density at radius 1 is 1.36 bits per heavy atom. The van der Waals surface area contributed by atoms with Gasteiger partial charge in [0, 0.05) is 41.9 Å². The molecule has 0 aliphatic carbocycles. The van der Waals surface area contributed by atoms with E-state index in [9.17, 15) is 14.4 Å². The first-order valence-electron chi connectivity index (χ1n) is 8.38. The number of esters is 1. The molecule has 2 aliphatic heterocycles. The third kappa shape index (κ3) is 4.15. The van der Waals surface area contributed by atoms with Gasteiger partial charge in [-0.15, -0.1) is 11.8 Å². The van der Waals surface area contributed by atoms with Gasteiger partial charge >= 0.3 is 5.97 Å². The molecule has 10 heteroatoms. The van der Waals surface area contributed by atoms with Crippen molar-refractivity contribution in [3.63, 3.8) is 0 Å². The maximum absolute atomic E-state index is 12.9. The molecule has 2 aliphatic rings. The van der Waals surface area contributed by atoms with Crippen molar-refractivity contribution in [2.45, 2.75) is 24.9 Å². The Balaban J connectivity index is 1.81. The van der Waals surface area contributed by atoms with Gasteiger partial charge in [0.2, 0.25) is 0 Å². The second-order valence-electron chi connectivity index (χ2n) is 6.22. The molecule has 1 aromatic rings. The average Bonchev–Trinajstić information content (AvgIpc) is 2.65. The van der Waals surface area contributed by atoms with E-state index in [-0.39, 0.29) is 30.1 Å². The highest BCUT2D eigenvalue weighted by molar-refractivity contribution is 8.00. The molecule has 3 rings (SSSR count). The van der Waals surface area contributed by atoms with Gasteiger partial charge in [-0.3, -0.25) is 19.3 Å². The largest absolute Gasteiger partial charge is 0.461 e. The van der Waals surface area contributed by atoms with Gasteiger partial charge in [0.1, 0.15) is 17.7 Å². The number of hydrogen-bond acceptors (Lipinski definition) is 6. The van der Waals surface area contributed by atoms with Gasteiger partial charge in [-0.25, -0.2) is 0 Å². The molecule has 1 saturated heterocycles. The van der Waals surface area contributed by atoms with Crippen LogP contribution < -0.4 is 5.32 Å². The van der Waals surface area contributed by atoms with E-state index >= 15 is 0 Å². The molecule has 0 bridgehead atoms. The number of amides is 2. The molecule has 2 amide bonds. The minimum absolute atomic E-state index is 0.0546. The van der Waals surface area contributed by atoms with Crippen LogP contribution in [0.3, 0.4) is 0 Å². The predicted molar refractivity (Wildman–Crippen MR) is 106 cm³/mol. The maximum Gasteiger partial charge on any atom is 0.302 e. The molecule has 0 saturated carbocycles. The number of rotatable bonds is 6. The highest BCUT2D eigenvalue weighted by Crippen LogP contribution is 2.41. The van der Waals surface area contributed by atoms with E-state index in [2.05, 4.69) is 5.32 Å². The Bertz CT molecular complexity index is 860. The van der Waals surface area contributed by atoms with E-state index in [1.807, 2.05) is 0 Å². The first kappa shape index (κ1) is 21.0. The SMILES string of the molecule is CO[C@H]1C(=O)N2C(C(=O)NCc3ccc(Cl)cc3Cl)=C(COC(C)=O)CS[C@H]12. The lowest BCUT2D eigenvalue weighted by Gasteiger charge is -2.49. The Morgan fingerprint density at radius 3 is 2.75 bits per heavy atom. The van der Waals surface area contributed by atoms with Crippen molar-refractivity contribution in [1.29, 1.82) is 0 Å². The van der Waals surface area contributed by atoms with Crippen LogP contribution in [0.1, 0.15) is 12.5 Å². The number of fused-ring (bicyclic) bond motifs is 1. The highest BCUT2D eigenvalue weighted by Gasteiger charge is 2.53. The number of ether oxygens (including phenoxy) is 2. The molecule has 2 atom stereocenters. The van der Waals surface area contributed by atoms with E-state index in [1.54, 1.807) is 18.2 Å². The fourth-order valence-corrected chi connectivity index (χ4v) is 4.80. The summed E-state index contributed by atoms with van der Waals surface area (Å²) in [6, 6.07) is 4.98. The maximum atomic E-state index is 12.9. The summed E-state index contributed by atoms with van der Waals surface area (Å²) in [5.41, 5.74) is 1.46. The molecule has 150 valence electrons. The van der Waals surface area contributed by atoms with E-state index in [4.69, 9.17) is 32.7 Å². The van der Waals surface area contributed by atoms with Crippen molar-refractivity contribution in [3.8, 4) is 0 Å². The molecule has 28 heavy (non-hydrogen) atoms. The number of nitrogens with one attached hydrogen (secondary N) is 1. The lowest BCUT2D eigenvalue weighted by Crippen LogP contribution is -2.66. The zero-order valence-corrected chi connectivity index (χ0v) is 17.5. The summed E-state index contributed by atoms with van der Waals surface area (Å²) in [6.45, 7) is 1.39. The second-order valence-corrected chi connectivity index (χ2v) is 8.17. The van der Waals surface area contributed by atoms with E-state index in [1.165, 1.54) is 30.7 Å². The number of hydrogen-bond donors (Lipinski definition) is 1. The van der Waals surface area contributed by atoms with Crippen molar-refractivity contribution in [2.75, 3.05) is 19.5 Å². The first-order valence-corrected chi connectivity index (χ1v) is 10.2. The van der Waals surface area contributed by atoms with Crippen LogP contribution in [-0.4, -0.2) is 53.6 Å². The standard InChI is InChI=1S/C18H18Cl2N2O5S/c1-9(23)27-7-11-8-28-18-15(26-2)17(25)22(18)14(11)16(24)21-6-10-3-4-12(19)5-13(10)20/h3-5,15,18H,6-8H2,1-2H3,(H,21,24)/t15-,18+/m0/s1. The molecule has 7 nitrogen and oxygen atoms in total. The third-order valence-electron chi connectivity index (χ3n) is 4.37. The normalized spacial score (nSPS) is 21.1. The van der Waals surface area contributed by atoms with Gasteiger partial charge in [0.15, 0.2) is 6.10 Å². The quantitative estimate of drug-likeness (QED) is 0.535. The zero-order chi connectivity index (χ0) is 20.4. The fourth-order valence-electron chi connectivity index (χ4n) is 2.97. The van der Waals surface area contributed by atoms with Crippen LogP contribution in [0, 0.1) is 0 Å². The number of benzene rings is 1. The van der Waals surface area contributed by atoms with Crippen LogP contribution in [0.5, 0.6) is 0 Å². The first-order chi connectivity index (χ1) is 13.3. The summed E-state index contributed by atoms with van der Waals surface area (Å²) in [5, 5.41) is 3.42. The van der Waals surface area contributed by atoms with Crippen LogP contribution in [0.4, 0.5) is 0 Å². The predicted octanol–water partition coefficient (Wildman–Crippen LogP) is 2.36. The van der Waals surface area contributed by atoms with Crippen LogP contribution in [-0.2, 0) is 30.4 Å². The van der Waals surface area contributed by atoms with Crippen LogP contribution in [0.25, 0.3) is 0 Å². The van der Waals surface area contributed by atoms with Crippen molar-refractivity contribution in [2.24, 2.45) is 0 Å². The van der Waals surface area contributed by atoms with Gasteiger partial charge in [-0.05, 0) is 17.7 Å². The smallest absolute Gasteiger partial charge is 0.302 e. The molecule has 0 spiro atoms. The minimum atomic E-state index is -0.589. The number of thioether (sulfide) groups is 1. The lowest BCUT2D eigenvalue weighted by molar-refractivity contribution is -0.160. The van der Waals surface area contributed by atoms with Crippen molar-refractivity contribution in [3.05, 3.63) is 45.1 Å². The number of halogens is 2. The molecule has 2 heterocycles.